The Labute approximate surface area is 134 Å². The zero-order chi connectivity index (χ0) is 15.0. The lowest BCUT2D eigenvalue weighted by molar-refractivity contribution is -0.350. The summed E-state index contributed by atoms with van der Waals surface area (Å²) in [7, 11) is 0. The minimum Gasteiger partial charge on any atom is -0.400 e. The van der Waals surface area contributed by atoms with E-state index in [-0.39, 0.29) is 0 Å². The number of benzene rings is 1. The first-order chi connectivity index (χ1) is 10.6. The largest absolute Gasteiger partial charge is 0.400 e. The fraction of sp³-hybridized carbons (Fsp3) is 0.312. The van der Waals surface area contributed by atoms with Gasteiger partial charge in [0.2, 0.25) is 5.79 Å². The molecule has 0 saturated carbocycles. The van der Waals surface area contributed by atoms with Crippen molar-refractivity contribution >= 4 is 21.9 Å². The lowest BCUT2D eigenvalue weighted by Gasteiger charge is -2.32. The summed E-state index contributed by atoms with van der Waals surface area (Å²) in [5, 5.41) is 0. The predicted octanol–water partition coefficient (Wildman–Crippen LogP) is 2.72. The SMILES string of the molecule is O=C1OC2(OC34C=C(Br)C=CC3(OCC4)O2)c2ccccc21. The van der Waals surface area contributed by atoms with E-state index in [1.54, 1.807) is 18.2 Å². The Kier molecular flexibility index (Phi) is 2.30. The van der Waals surface area contributed by atoms with Gasteiger partial charge in [0, 0.05) is 10.9 Å². The first-order valence-electron chi connectivity index (χ1n) is 7.03. The van der Waals surface area contributed by atoms with Gasteiger partial charge >= 0.3 is 11.9 Å². The summed E-state index contributed by atoms with van der Waals surface area (Å²) < 4.78 is 24.6. The second kappa shape index (κ2) is 3.89. The summed E-state index contributed by atoms with van der Waals surface area (Å²) in [5.74, 6) is -3.07. The summed E-state index contributed by atoms with van der Waals surface area (Å²) in [5.41, 5.74) is 0.230. The first kappa shape index (κ1) is 13.0. The molecule has 5 rings (SSSR count). The van der Waals surface area contributed by atoms with Gasteiger partial charge in [-0.15, -0.1) is 0 Å². The summed E-state index contributed by atoms with van der Waals surface area (Å²) in [6, 6.07) is 7.09. The highest BCUT2D eigenvalue weighted by atomic mass is 79.9. The van der Waals surface area contributed by atoms with Crippen LogP contribution in [0.15, 0.2) is 47.0 Å². The molecular formula is C16H11BrO5. The second-order valence-corrected chi connectivity index (χ2v) is 6.63. The molecule has 1 spiro atoms. The van der Waals surface area contributed by atoms with Crippen LogP contribution in [0.4, 0.5) is 0 Å². The fourth-order valence-corrected chi connectivity index (χ4v) is 4.05. The molecule has 0 aromatic heterocycles. The fourth-order valence-electron chi connectivity index (χ4n) is 3.55. The number of rotatable bonds is 0. The number of esters is 1. The molecule has 4 aliphatic rings. The smallest absolute Gasteiger partial charge is 0.363 e. The Bertz CT molecular complexity index is 772. The molecule has 5 nitrogen and oxygen atoms in total. The van der Waals surface area contributed by atoms with Crippen LogP contribution < -0.4 is 0 Å². The van der Waals surface area contributed by atoms with Crippen molar-refractivity contribution in [2.24, 2.45) is 0 Å². The molecule has 3 unspecified atom stereocenters. The molecule has 6 heteroatoms. The molecule has 1 aromatic rings. The molecule has 3 atom stereocenters. The molecule has 0 bridgehead atoms. The van der Waals surface area contributed by atoms with Crippen molar-refractivity contribution in [2.45, 2.75) is 23.8 Å². The molecule has 3 aliphatic heterocycles. The molecule has 0 amide bonds. The molecule has 0 radical (unpaired) electrons. The van der Waals surface area contributed by atoms with Crippen LogP contribution in [0.3, 0.4) is 0 Å². The third kappa shape index (κ3) is 1.37. The third-order valence-corrected chi connectivity index (χ3v) is 5.01. The molecule has 3 heterocycles. The van der Waals surface area contributed by atoms with E-state index in [9.17, 15) is 4.79 Å². The van der Waals surface area contributed by atoms with Gasteiger partial charge < -0.3 is 9.47 Å². The number of hydrogen-bond acceptors (Lipinski definition) is 5. The van der Waals surface area contributed by atoms with Gasteiger partial charge in [-0.25, -0.2) is 4.79 Å². The Morgan fingerprint density at radius 2 is 2.05 bits per heavy atom. The molecule has 2 saturated heterocycles. The van der Waals surface area contributed by atoms with Gasteiger partial charge in [0.25, 0.3) is 0 Å². The van der Waals surface area contributed by atoms with Crippen molar-refractivity contribution in [3.05, 3.63) is 58.1 Å². The van der Waals surface area contributed by atoms with E-state index in [4.69, 9.17) is 18.9 Å². The van der Waals surface area contributed by atoms with Gasteiger partial charge in [-0.1, -0.05) is 28.1 Å². The van der Waals surface area contributed by atoms with Crippen LogP contribution in [0.1, 0.15) is 22.3 Å². The van der Waals surface area contributed by atoms with Gasteiger partial charge in [0.05, 0.1) is 17.7 Å². The van der Waals surface area contributed by atoms with Crippen molar-refractivity contribution in [1.29, 1.82) is 0 Å². The van der Waals surface area contributed by atoms with Crippen LogP contribution in [0.5, 0.6) is 0 Å². The van der Waals surface area contributed by atoms with Gasteiger partial charge in [0.1, 0.15) is 0 Å². The normalized spacial score (nSPS) is 41.1. The van der Waals surface area contributed by atoms with Gasteiger partial charge in [-0.2, -0.15) is 0 Å². The highest BCUT2D eigenvalue weighted by Crippen LogP contribution is 2.60. The zero-order valence-corrected chi connectivity index (χ0v) is 13.0. The number of halogens is 1. The van der Waals surface area contributed by atoms with E-state index in [0.29, 0.717) is 24.2 Å². The van der Waals surface area contributed by atoms with Gasteiger partial charge in [-0.3, -0.25) is 9.47 Å². The van der Waals surface area contributed by atoms with E-state index in [1.807, 2.05) is 24.3 Å². The van der Waals surface area contributed by atoms with Crippen molar-refractivity contribution in [1.82, 2.24) is 0 Å². The van der Waals surface area contributed by atoms with Gasteiger partial charge in [0.15, 0.2) is 5.60 Å². The Hall–Kier alpha value is -1.47. The molecular weight excluding hydrogens is 352 g/mol. The Morgan fingerprint density at radius 3 is 2.95 bits per heavy atom. The van der Waals surface area contributed by atoms with Crippen molar-refractivity contribution in [3.63, 3.8) is 0 Å². The number of hydrogen-bond donors (Lipinski definition) is 0. The average Bonchev–Trinajstić information content (AvgIpc) is 3.06. The van der Waals surface area contributed by atoms with Crippen LogP contribution in [0.25, 0.3) is 0 Å². The lowest BCUT2D eigenvalue weighted by Crippen LogP contribution is -2.46. The highest BCUT2D eigenvalue weighted by Gasteiger charge is 2.73. The quantitative estimate of drug-likeness (QED) is 0.664. The number of fused-ring (bicyclic) bond motifs is 2. The van der Waals surface area contributed by atoms with Crippen molar-refractivity contribution in [3.8, 4) is 0 Å². The standard InChI is InChI=1S/C16H11BrO5/c17-10-5-6-15-14(9-10,7-8-19-15)21-16(22-15)12-4-2-1-3-11(12)13(18)20-16/h1-6,9H,7-8H2. The number of carbonyl (C=O) groups excluding carboxylic acids is 1. The van der Waals surface area contributed by atoms with Gasteiger partial charge in [-0.05, 0) is 30.4 Å². The van der Waals surface area contributed by atoms with Crippen LogP contribution in [0.2, 0.25) is 0 Å². The Morgan fingerprint density at radius 1 is 1.18 bits per heavy atom. The second-order valence-electron chi connectivity index (χ2n) is 5.71. The summed E-state index contributed by atoms with van der Waals surface area (Å²) in [4.78, 5) is 12.1. The molecule has 112 valence electrons. The van der Waals surface area contributed by atoms with Crippen molar-refractivity contribution < 1.29 is 23.7 Å². The van der Waals surface area contributed by atoms with E-state index in [2.05, 4.69) is 15.9 Å². The van der Waals surface area contributed by atoms with Crippen LogP contribution in [0, 0.1) is 0 Å². The third-order valence-electron chi connectivity index (χ3n) is 4.52. The highest BCUT2D eigenvalue weighted by molar-refractivity contribution is 9.11. The zero-order valence-electron chi connectivity index (χ0n) is 11.4. The van der Waals surface area contributed by atoms with Crippen LogP contribution in [-0.4, -0.2) is 24.0 Å². The molecule has 1 aliphatic carbocycles. The number of ether oxygens (including phenoxy) is 4. The maximum Gasteiger partial charge on any atom is 0.363 e. The number of carbonyl (C=O) groups is 1. The van der Waals surface area contributed by atoms with Crippen LogP contribution in [-0.2, 0) is 24.9 Å². The van der Waals surface area contributed by atoms with E-state index in [0.717, 1.165) is 4.48 Å². The molecule has 2 fully saturated rings. The van der Waals surface area contributed by atoms with E-state index >= 15 is 0 Å². The maximum absolute atomic E-state index is 12.1. The van der Waals surface area contributed by atoms with E-state index in [1.165, 1.54) is 0 Å². The average molecular weight is 363 g/mol. The predicted molar refractivity (Wildman–Crippen MR) is 77.9 cm³/mol. The minimum absolute atomic E-state index is 0.452. The topological polar surface area (TPSA) is 54.0 Å². The number of allylic oxidation sites excluding steroid dienone is 2. The summed E-state index contributed by atoms with van der Waals surface area (Å²) in [6.07, 6.45) is 6.21. The van der Waals surface area contributed by atoms with Crippen molar-refractivity contribution in [2.75, 3.05) is 6.61 Å². The molecule has 1 aromatic carbocycles. The van der Waals surface area contributed by atoms with Crippen LogP contribution >= 0.6 is 15.9 Å². The first-order valence-corrected chi connectivity index (χ1v) is 7.82. The monoisotopic (exact) mass is 362 g/mol. The maximum atomic E-state index is 12.1. The summed E-state index contributed by atoms with van der Waals surface area (Å²) in [6.45, 7) is 0.507. The summed E-state index contributed by atoms with van der Waals surface area (Å²) >= 11 is 3.47. The molecule has 0 N–H and O–H groups in total. The van der Waals surface area contributed by atoms with E-state index < -0.39 is 23.3 Å². The minimum atomic E-state index is -1.55. The molecule has 22 heavy (non-hydrogen) atoms. The Balaban J connectivity index is 1.70. The lowest BCUT2D eigenvalue weighted by atomic mass is 9.88.